The lowest BCUT2D eigenvalue weighted by Gasteiger charge is -2.15. The van der Waals surface area contributed by atoms with E-state index in [1.54, 1.807) is 0 Å². The molecule has 0 atom stereocenters. The smallest absolute Gasteiger partial charge is 0.324 e. The zero-order chi connectivity index (χ0) is 17.8. The average Bonchev–Trinajstić information content (AvgIpc) is 2.85. The molecule has 1 aliphatic rings. The minimum absolute atomic E-state index is 0.101. The quantitative estimate of drug-likeness (QED) is 0.231. The number of guanidine groups is 1. The predicted molar refractivity (Wildman–Crippen MR) is 97.0 cm³/mol. The zero-order valence-corrected chi connectivity index (χ0v) is 15.4. The summed E-state index contributed by atoms with van der Waals surface area (Å²) in [5, 5.41) is 8.86. The molecular weight excluding hydrogens is 306 g/mol. The summed E-state index contributed by atoms with van der Waals surface area (Å²) in [6, 6.07) is -0.315. The monoisotopic (exact) mass is 339 g/mol. The second kappa shape index (κ2) is 11.7. The van der Waals surface area contributed by atoms with Crippen LogP contribution in [-0.4, -0.2) is 55.5 Å². The number of hydrogen-bond donors (Lipinski definition) is 3. The van der Waals surface area contributed by atoms with Crippen LogP contribution in [0, 0.1) is 5.92 Å². The largest absolute Gasteiger partial charge is 0.357 e. The van der Waals surface area contributed by atoms with Gasteiger partial charge in [-0.3, -0.25) is 14.7 Å². The van der Waals surface area contributed by atoms with Crippen molar-refractivity contribution in [2.24, 2.45) is 10.9 Å². The summed E-state index contributed by atoms with van der Waals surface area (Å²) in [7, 11) is 0. The first-order valence-electron chi connectivity index (χ1n) is 9.15. The van der Waals surface area contributed by atoms with Crippen LogP contribution < -0.4 is 16.0 Å². The van der Waals surface area contributed by atoms with Gasteiger partial charge in [0.2, 0.25) is 5.91 Å². The van der Waals surface area contributed by atoms with E-state index in [4.69, 9.17) is 0 Å². The Labute approximate surface area is 145 Å². The van der Waals surface area contributed by atoms with Crippen LogP contribution in [0.5, 0.6) is 0 Å². The second-order valence-electron chi connectivity index (χ2n) is 6.49. The standard InChI is InChI=1S/C17H33N5O2/c1-4-18-16(19-10-8-6-5-7-9-14(2)3)20-11-12-22-15(23)13-21-17(22)24/h14H,4-13H2,1-3H3,(H,21,24)(H2,18,19,20). The van der Waals surface area contributed by atoms with Gasteiger partial charge in [0.25, 0.3) is 0 Å². The zero-order valence-electron chi connectivity index (χ0n) is 15.4. The summed E-state index contributed by atoms with van der Waals surface area (Å²) >= 11 is 0. The summed E-state index contributed by atoms with van der Waals surface area (Å²) < 4.78 is 0. The normalized spacial score (nSPS) is 15.2. The van der Waals surface area contributed by atoms with Gasteiger partial charge in [-0.2, -0.15) is 0 Å². The van der Waals surface area contributed by atoms with Crippen molar-refractivity contribution in [1.82, 2.24) is 20.9 Å². The molecule has 0 aliphatic carbocycles. The van der Waals surface area contributed by atoms with Crippen molar-refractivity contribution >= 4 is 17.9 Å². The molecule has 0 aromatic heterocycles. The van der Waals surface area contributed by atoms with Crippen molar-refractivity contribution < 1.29 is 9.59 Å². The summed E-state index contributed by atoms with van der Waals surface area (Å²) in [6.07, 6.45) is 6.16. The van der Waals surface area contributed by atoms with E-state index in [9.17, 15) is 9.59 Å². The molecule has 7 heteroatoms. The molecule has 1 fully saturated rings. The molecule has 0 spiro atoms. The van der Waals surface area contributed by atoms with Crippen molar-refractivity contribution in [3.63, 3.8) is 0 Å². The number of aliphatic imine (C=N–C) groups is 1. The molecule has 1 heterocycles. The predicted octanol–water partition coefficient (Wildman–Crippen LogP) is 1.70. The van der Waals surface area contributed by atoms with Crippen molar-refractivity contribution in [2.45, 2.75) is 52.9 Å². The van der Waals surface area contributed by atoms with Gasteiger partial charge < -0.3 is 16.0 Å². The number of amides is 3. The van der Waals surface area contributed by atoms with Crippen LogP contribution in [0.4, 0.5) is 4.79 Å². The first-order valence-corrected chi connectivity index (χ1v) is 9.15. The maximum atomic E-state index is 11.5. The lowest BCUT2D eigenvalue weighted by Crippen LogP contribution is -2.43. The Kier molecular flexibility index (Phi) is 9.88. The van der Waals surface area contributed by atoms with Crippen LogP contribution in [0.3, 0.4) is 0 Å². The average molecular weight is 339 g/mol. The summed E-state index contributed by atoms with van der Waals surface area (Å²) in [6.45, 7) is 9.06. The molecule has 1 aliphatic heterocycles. The second-order valence-corrected chi connectivity index (χ2v) is 6.49. The molecule has 0 radical (unpaired) electrons. The van der Waals surface area contributed by atoms with E-state index >= 15 is 0 Å². The number of nitrogens with zero attached hydrogens (tertiary/aromatic N) is 2. The highest BCUT2D eigenvalue weighted by Gasteiger charge is 2.27. The van der Waals surface area contributed by atoms with Crippen LogP contribution in [0.2, 0.25) is 0 Å². The van der Waals surface area contributed by atoms with Gasteiger partial charge in [0.1, 0.15) is 0 Å². The number of carbonyl (C=O) groups excluding carboxylic acids is 2. The molecule has 0 unspecified atom stereocenters. The minimum Gasteiger partial charge on any atom is -0.357 e. The Bertz CT molecular complexity index is 407. The van der Waals surface area contributed by atoms with Crippen molar-refractivity contribution in [3.05, 3.63) is 0 Å². The molecule has 3 N–H and O–H groups in total. The van der Waals surface area contributed by atoms with Crippen molar-refractivity contribution in [1.29, 1.82) is 0 Å². The number of hydrogen-bond acceptors (Lipinski definition) is 3. The lowest BCUT2D eigenvalue weighted by molar-refractivity contribution is -0.124. The fraction of sp³-hybridized carbons (Fsp3) is 0.824. The third kappa shape index (κ3) is 8.17. The van der Waals surface area contributed by atoms with Crippen molar-refractivity contribution in [2.75, 3.05) is 32.7 Å². The van der Waals surface area contributed by atoms with Crippen LogP contribution in [0.15, 0.2) is 4.99 Å². The molecule has 0 aromatic carbocycles. The summed E-state index contributed by atoms with van der Waals surface area (Å²) in [5.41, 5.74) is 0. The molecule has 138 valence electrons. The number of nitrogens with one attached hydrogen (secondary N) is 3. The number of carbonyl (C=O) groups is 2. The van der Waals surface area contributed by atoms with E-state index in [2.05, 4.69) is 34.8 Å². The maximum Gasteiger partial charge on any atom is 0.324 e. The van der Waals surface area contributed by atoms with Crippen LogP contribution in [0.25, 0.3) is 0 Å². The molecule has 0 aromatic rings. The Morgan fingerprint density at radius 3 is 2.58 bits per heavy atom. The number of unbranched alkanes of at least 4 members (excludes halogenated alkanes) is 3. The Balaban J connectivity index is 2.20. The number of urea groups is 1. The molecule has 3 amide bonds. The van der Waals surface area contributed by atoms with E-state index in [1.807, 2.05) is 6.92 Å². The van der Waals surface area contributed by atoms with E-state index in [1.165, 1.54) is 30.6 Å². The van der Waals surface area contributed by atoms with Gasteiger partial charge in [-0.05, 0) is 19.3 Å². The topological polar surface area (TPSA) is 85.8 Å². The summed E-state index contributed by atoms with van der Waals surface area (Å²) in [4.78, 5) is 28.7. The SMILES string of the molecule is CCNC(=NCCCCCCC(C)C)NCCN1C(=O)CNC1=O. The highest BCUT2D eigenvalue weighted by molar-refractivity contribution is 6.01. The van der Waals surface area contributed by atoms with Crippen LogP contribution in [0.1, 0.15) is 52.9 Å². The van der Waals surface area contributed by atoms with Crippen LogP contribution in [-0.2, 0) is 4.79 Å². The van der Waals surface area contributed by atoms with Gasteiger partial charge in [-0.1, -0.05) is 39.5 Å². The Hall–Kier alpha value is -1.79. The van der Waals surface area contributed by atoms with Crippen LogP contribution >= 0.6 is 0 Å². The molecule has 24 heavy (non-hydrogen) atoms. The molecule has 0 bridgehead atoms. The fourth-order valence-electron chi connectivity index (χ4n) is 2.52. The summed E-state index contributed by atoms with van der Waals surface area (Å²) in [5.74, 6) is 1.36. The van der Waals surface area contributed by atoms with E-state index in [0.29, 0.717) is 13.1 Å². The van der Waals surface area contributed by atoms with Gasteiger partial charge in [-0.15, -0.1) is 0 Å². The van der Waals surface area contributed by atoms with Crippen molar-refractivity contribution in [3.8, 4) is 0 Å². The highest BCUT2D eigenvalue weighted by Crippen LogP contribution is 2.09. The van der Waals surface area contributed by atoms with Gasteiger partial charge in [0, 0.05) is 26.2 Å². The van der Waals surface area contributed by atoms with E-state index in [-0.39, 0.29) is 18.5 Å². The third-order valence-electron chi connectivity index (χ3n) is 3.87. The first kappa shape index (κ1) is 20.3. The first-order chi connectivity index (χ1) is 11.5. The molecule has 0 saturated carbocycles. The number of imide groups is 1. The minimum atomic E-state index is -0.315. The molecule has 1 saturated heterocycles. The molecular formula is C17H33N5O2. The van der Waals surface area contributed by atoms with Gasteiger partial charge in [0.15, 0.2) is 5.96 Å². The highest BCUT2D eigenvalue weighted by atomic mass is 16.2. The van der Waals surface area contributed by atoms with E-state index < -0.39 is 0 Å². The van der Waals surface area contributed by atoms with Gasteiger partial charge >= 0.3 is 6.03 Å². The number of rotatable bonds is 11. The molecule has 1 rings (SSSR count). The van der Waals surface area contributed by atoms with Gasteiger partial charge in [0.05, 0.1) is 6.54 Å². The third-order valence-corrected chi connectivity index (χ3v) is 3.87. The fourth-order valence-corrected chi connectivity index (χ4v) is 2.52. The lowest BCUT2D eigenvalue weighted by atomic mass is 10.0. The van der Waals surface area contributed by atoms with E-state index in [0.717, 1.165) is 31.4 Å². The maximum absolute atomic E-state index is 11.5. The van der Waals surface area contributed by atoms with Gasteiger partial charge in [-0.25, -0.2) is 4.79 Å². The molecule has 7 nitrogen and oxygen atoms in total. The Morgan fingerprint density at radius 2 is 1.96 bits per heavy atom. The Morgan fingerprint density at radius 1 is 1.21 bits per heavy atom.